The lowest BCUT2D eigenvalue weighted by Gasteiger charge is -2.29. The van der Waals surface area contributed by atoms with Gasteiger partial charge in [-0.05, 0) is 35.9 Å². The first-order valence-corrected chi connectivity index (χ1v) is 9.77. The Hall–Kier alpha value is -3.32. The van der Waals surface area contributed by atoms with Gasteiger partial charge in [-0.3, -0.25) is 9.78 Å². The SMILES string of the molecule is O=C(Nc1ccncc1)Nc1ccc2c(c1)N(Cc1ccccc1)C(=O)CS2. The fraction of sp³-hybridized carbons (Fsp3) is 0.0952. The van der Waals surface area contributed by atoms with Crippen LogP contribution in [0.5, 0.6) is 0 Å². The van der Waals surface area contributed by atoms with Gasteiger partial charge in [-0.1, -0.05) is 30.3 Å². The number of fused-ring (bicyclic) bond motifs is 1. The second-order valence-electron chi connectivity index (χ2n) is 6.25. The van der Waals surface area contributed by atoms with Gasteiger partial charge in [0.1, 0.15) is 0 Å². The van der Waals surface area contributed by atoms with Crippen molar-refractivity contribution in [3.05, 3.63) is 78.6 Å². The Kier molecular flexibility index (Phi) is 5.25. The van der Waals surface area contributed by atoms with Crippen molar-refractivity contribution in [2.45, 2.75) is 11.4 Å². The highest BCUT2D eigenvalue weighted by Crippen LogP contribution is 2.38. The number of rotatable bonds is 4. The van der Waals surface area contributed by atoms with Crippen molar-refractivity contribution in [2.75, 3.05) is 21.3 Å². The van der Waals surface area contributed by atoms with Crippen LogP contribution in [0.1, 0.15) is 5.56 Å². The molecule has 2 aromatic carbocycles. The van der Waals surface area contributed by atoms with Gasteiger partial charge < -0.3 is 15.5 Å². The molecule has 0 saturated heterocycles. The lowest BCUT2D eigenvalue weighted by atomic mass is 10.2. The molecule has 3 aromatic rings. The molecule has 0 bridgehead atoms. The van der Waals surface area contributed by atoms with Crippen LogP contribution in [0.3, 0.4) is 0 Å². The quantitative estimate of drug-likeness (QED) is 0.694. The van der Waals surface area contributed by atoms with Gasteiger partial charge in [-0.15, -0.1) is 11.8 Å². The molecular weight excluding hydrogens is 372 g/mol. The largest absolute Gasteiger partial charge is 0.323 e. The average Bonchev–Trinajstić information content (AvgIpc) is 2.72. The maximum atomic E-state index is 12.5. The molecule has 0 saturated carbocycles. The van der Waals surface area contributed by atoms with Gasteiger partial charge in [0.05, 0.1) is 18.0 Å². The number of pyridine rings is 1. The summed E-state index contributed by atoms with van der Waals surface area (Å²) in [5.74, 6) is 0.467. The number of nitrogens with one attached hydrogen (secondary N) is 2. The van der Waals surface area contributed by atoms with Gasteiger partial charge in [-0.2, -0.15) is 0 Å². The number of carbonyl (C=O) groups is 2. The molecule has 2 heterocycles. The molecule has 4 rings (SSSR count). The molecule has 7 heteroatoms. The molecule has 28 heavy (non-hydrogen) atoms. The van der Waals surface area contributed by atoms with Crippen molar-refractivity contribution in [3.8, 4) is 0 Å². The van der Waals surface area contributed by atoms with Crippen LogP contribution in [-0.2, 0) is 11.3 Å². The summed E-state index contributed by atoms with van der Waals surface area (Å²) in [4.78, 5) is 31.5. The maximum Gasteiger partial charge on any atom is 0.323 e. The molecule has 140 valence electrons. The Morgan fingerprint density at radius 3 is 2.54 bits per heavy atom. The molecular formula is C21H18N4O2S. The summed E-state index contributed by atoms with van der Waals surface area (Å²) in [6.07, 6.45) is 3.22. The summed E-state index contributed by atoms with van der Waals surface area (Å²) in [6.45, 7) is 0.500. The first kappa shape index (κ1) is 18.1. The first-order valence-electron chi connectivity index (χ1n) is 8.78. The van der Waals surface area contributed by atoms with E-state index in [0.29, 0.717) is 23.7 Å². The molecule has 0 fully saturated rings. The number of hydrogen-bond acceptors (Lipinski definition) is 4. The number of benzene rings is 2. The van der Waals surface area contributed by atoms with E-state index in [1.165, 1.54) is 11.8 Å². The summed E-state index contributed by atoms with van der Waals surface area (Å²) in [7, 11) is 0. The number of anilines is 3. The monoisotopic (exact) mass is 390 g/mol. The van der Waals surface area contributed by atoms with E-state index in [1.807, 2.05) is 48.5 Å². The van der Waals surface area contributed by atoms with Crippen molar-refractivity contribution in [2.24, 2.45) is 0 Å². The van der Waals surface area contributed by atoms with Crippen LogP contribution in [0.25, 0.3) is 0 Å². The summed E-state index contributed by atoms with van der Waals surface area (Å²) in [6, 6.07) is 18.6. The fourth-order valence-electron chi connectivity index (χ4n) is 2.95. The first-order chi connectivity index (χ1) is 13.7. The van der Waals surface area contributed by atoms with E-state index in [2.05, 4.69) is 15.6 Å². The van der Waals surface area contributed by atoms with Crippen LogP contribution in [0.2, 0.25) is 0 Å². The Morgan fingerprint density at radius 2 is 1.75 bits per heavy atom. The normalized spacial score (nSPS) is 13.0. The molecule has 3 amide bonds. The molecule has 1 aliphatic rings. The van der Waals surface area contributed by atoms with E-state index in [1.54, 1.807) is 29.4 Å². The van der Waals surface area contributed by atoms with Crippen molar-refractivity contribution < 1.29 is 9.59 Å². The Labute approximate surface area is 167 Å². The molecule has 0 atom stereocenters. The summed E-state index contributed by atoms with van der Waals surface area (Å²) >= 11 is 1.51. The smallest absolute Gasteiger partial charge is 0.308 e. The minimum absolute atomic E-state index is 0.0553. The number of amides is 3. The molecule has 0 unspecified atom stereocenters. The highest BCUT2D eigenvalue weighted by atomic mass is 32.2. The predicted molar refractivity (Wildman–Crippen MR) is 112 cm³/mol. The number of thioether (sulfide) groups is 1. The molecule has 0 aliphatic carbocycles. The van der Waals surface area contributed by atoms with E-state index >= 15 is 0 Å². The van der Waals surface area contributed by atoms with Crippen LogP contribution in [0, 0.1) is 0 Å². The van der Waals surface area contributed by atoms with Gasteiger partial charge >= 0.3 is 6.03 Å². The molecule has 0 radical (unpaired) electrons. The van der Waals surface area contributed by atoms with E-state index in [-0.39, 0.29) is 11.9 Å². The van der Waals surface area contributed by atoms with Crippen molar-refractivity contribution >= 4 is 40.8 Å². The molecule has 0 spiro atoms. The van der Waals surface area contributed by atoms with Gasteiger partial charge in [0.2, 0.25) is 5.91 Å². The molecule has 1 aromatic heterocycles. The lowest BCUT2D eigenvalue weighted by Crippen LogP contribution is -2.34. The minimum atomic E-state index is -0.351. The summed E-state index contributed by atoms with van der Waals surface area (Å²) < 4.78 is 0. The number of nitrogens with zero attached hydrogens (tertiary/aromatic N) is 2. The topological polar surface area (TPSA) is 74.3 Å². The van der Waals surface area contributed by atoms with Crippen LogP contribution in [-0.4, -0.2) is 22.7 Å². The molecule has 1 aliphatic heterocycles. The minimum Gasteiger partial charge on any atom is -0.308 e. The third kappa shape index (κ3) is 4.15. The Morgan fingerprint density at radius 1 is 1.00 bits per heavy atom. The predicted octanol–water partition coefficient (Wildman–Crippen LogP) is 4.36. The Bertz CT molecular complexity index is 996. The van der Waals surface area contributed by atoms with E-state index in [4.69, 9.17) is 0 Å². The van der Waals surface area contributed by atoms with Crippen LogP contribution in [0.15, 0.2) is 78.0 Å². The van der Waals surface area contributed by atoms with E-state index < -0.39 is 0 Å². The van der Waals surface area contributed by atoms with Crippen LogP contribution < -0.4 is 15.5 Å². The Balaban J connectivity index is 1.54. The van der Waals surface area contributed by atoms with Crippen LogP contribution in [0.4, 0.5) is 21.9 Å². The third-order valence-electron chi connectivity index (χ3n) is 4.28. The van der Waals surface area contributed by atoms with Crippen molar-refractivity contribution in [1.29, 1.82) is 0 Å². The number of urea groups is 1. The van der Waals surface area contributed by atoms with Crippen molar-refractivity contribution in [1.82, 2.24) is 4.98 Å². The highest BCUT2D eigenvalue weighted by Gasteiger charge is 2.25. The zero-order chi connectivity index (χ0) is 19.3. The van der Waals surface area contributed by atoms with E-state index in [9.17, 15) is 9.59 Å². The molecule has 6 nitrogen and oxygen atoms in total. The zero-order valence-corrected chi connectivity index (χ0v) is 15.8. The zero-order valence-electron chi connectivity index (χ0n) is 15.0. The molecule has 2 N–H and O–H groups in total. The second kappa shape index (κ2) is 8.14. The van der Waals surface area contributed by atoms with Crippen LogP contribution >= 0.6 is 11.8 Å². The van der Waals surface area contributed by atoms with E-state index in [0.717, 1.165) is 16.1 Å². The third-order valence-corrected chi connectivity index (χ3v) is 5.33. The van der Waals surface area contributed by atoms with Gasteiger partial charge in [0.25, 0.3) is 0 Å². The standard InChI is InChI=1S/C21H18N4O2S/c26-20-14-28-19-7-6-17(24-21(27)23-16-8-10-22-11-9-16)12-18(19)25(20)13-15-4-2-1-3-5-15/h1-12H,13-14H2,(H2,22,23,24,27). The highest BCUT2D eigenvalue weighted by molar-refractivity contribution is 8.00. The van der Waals surface area contributed by atoms with Gasteiger partial charge in [-0.25, -0.2) is 4.79 Å². The number of aromatic nitrogens is 1. The summed E-state index contributed by atoms with van der Waals surface area (Å²) in [5, 5.41) is 5.58. The second-order valence-corrected chi connectivity index (χ2v) is 7.27. The number of hydrogen-bond donors (Lipinski definition) is 2. The maximum absolute atomic E-state index is 12.5. The van der Waals surface area contributed by atoms with Gasteiger partial charge in [0, 0.05) is 28.7 Å². The summed E-state index contributed by atoms with van der Waals surface area (Å²) in [5.41, 5.74) is 3.15. The number of carbonyl (C=O) groups excluding carboxylic acids is 2. The van der Waals surface area contributed by atoms with Crippen molar-refractivity contribution in [3.63, 3.8) is 0 Å². The van der Waals surface area contributed by atoms with Gasteiger partial charge in [0.15, 0.2) is 0 Å². The lowest BCUT2D eigenvalue weighted by molar-refractivity contribution is -0.116. The fourth-order valence-corrected chi connectivity index (χ4v) is 3.86. The average molecular weight is 390 g/mol.